The van der Waals surface area contributed by atoms with Crippen molar-refractivity contribution in [1.29, 1.82) is 0 Å². The average molecular weight is 240 g/mol. The summed E-state index contributed by atoms with van der Waals surface area (Å²) in [4.78, 5) is 16.6. The first kappa shape index (κ1) is 12.8. The standard InChI is InChI=1S/C12H24N4O/c1-15-7-2-3-12(4-8-15,11(13)17)16-9-5-14-6-10-16/h14H,2-10H2,1H3,(H2,13,17). The third kappa shape index (κ3) is 2.61. The zero-order valence-corrected chi connectivity index (χ0v) is 10.7. The first-order chi connectivity index (χ1) is 8.15. The monoisotopic (exact) mass is 240 g/mol. The molecule has 3 N–H and O–H groups in total. The predicted octanol–water partition coefficient (Wildman–Crippen LogP) is -0.769. The summed E-state index contributed by atoms with van der Waals surface area (Å²) >= 11 is 0. The minimum atomic E-state index is -0.396. The number of likely N-dealkylation sites (tertiary alicyclic amines) is 1. The van der Waals surface area contributed by atoms with Crippen LogP contribution in [0.2, 0.25) is 0 Å². The third-order valence-electron chi connectivity index (χ3n) is 4.22. The predicted molar refractivity (Wildman–Crippen MR) is 67.7 cm³/mol. The van der Waals surface area contributed by atoms with Crippen LogP contribution in [0, 0.1) is 0 Å². The van der Waals surface area contributed by atoms with E-state index in [0.717, 1.165) is 58.5 Å². The van der Waals surface area contributed by atoms with Crippen molar-refractivity contribution >= 4 is 5.91 Å². The Kier molecular flexibility index (Phi) is 4.01. The Hall–Kier alpha value is -0.650. The molecule has 2 rings (SSSR count). The van der Waals surface area contributed by atoms with E-state index in [4.69, 9.17) is 5.73 Å². The van der Waals surface area contributed by atoms with E-state index in [0.29, 0.717) is 0 Å². The first-order valence-corrected chi connectivity index (χ1v) is 6.59. The largest absolute Gasteiger partial charge is 0.368 e. The van der Waals surface area contributed by atoms with Crippen LogP contribution in [0.1, 0.15) is 19.3 Å². The van der Waals surface area contributed by atoms with Gasteiger partial charge in [-0.1, -0.05) is 0 Å². The van der Waals surface area contributed by atoms with Gasteiger partial charge in [0.1, 0.15) is 5.54 Å². The number of hydrogen-bond acceptors (Lipinski definition) is 4. The van der Waals surface area contributed by atoms with Gasteiger partial charge in [0.15, 0.2) is 0 Å². The van der Waals surface area contributed by atoms with Crippen molar-refractivity contribution in [3.63, 3.8) is 0 Å². The van der Waals surface area contributed by atoms with Crippen molar-refractivity contribution in [2.45, 2.75) is 24.8 Å². The van der Waals surface area contributed by atoms with Gasteiger partial charge in [-0.2, -0.15) is 0 Å². The SMILES string of the molecule is CN1CCCC(C(N)=O)(N2CCNCC2)CC1. The second-order valence-corrected chi connectivity index (χ2v) is 5.29. The second-order valence-electron chi connectivity index (χ2n) is 5.29. The van der Waals surface area contributed by atoms with Gasteiger partial charge in [0.2, 0.25) is 5.91 Å². The van der Waals surface area contributed by atoms with Crippen molar-refractivity contribution in [2.24, 2.45) is 5.73 Å². The van der Waals surface area contributed by atoms with Gasteiger partial charge in [0.25, 0.3) is 0 Å². The molecule has 5 nitrogen and oxygen atoms in total. The van der Waals surface area contributed by atoms with Gasteiger partial charge in [0, 0.05) is 32.7 Å². The van der Waals surface area contributed by atoms with Gasteiger partial charge < -0.3 is 16.0 Å². The van der Waals surface area contributed by atoms with Crippen LogP contribution < -0.4 is 11.1 Å². The van der Waals surface area contributed by atoms with Gasteiger partial charge in [-0.3, -0.25) is 9.69 Å². The molecule has 2 aliphatic heterocycles. The summed E-state index contributed by atoms with van der Waals surface area (Å²) in [5.74, 6) is -0.130. The molecule has 1 amide bonds. The number of carbonyl (C=O) groups is 1. The Morgan fingerprint density at radius 1 is 1.18 bits per heavy atom. The highest BCUT2D eigenvalue weighted by Crippen LogP contribution is 2.28. The summed E-state index contributed by atoms with van der Waals surface area (Å²) in [6.45, 7) is 5.84. The molecule has 0 saturated carbocycles. The first-order valence-electron chi connectivity index (χ1n) is 6.59. The van der Waals surface area contributed by atoms with Crippen LogP contribution in [0.25, 0.3) is 0 Å². The van der Waals surface area contributed by atoms with E-state index >= 15 is 0 Å². The smallest absolute Gasteiger partial charge is 0.238 e. The van der Waals surface area contributed by atoms with E-state index < -0.39 is 5.54 Å². The second kappa shape index (κ2) is 5.33. The molecule has 2 saturated heterocycles. The number of nitrogens with two attached hydrogens (primary N) is 1. The number of hydrogen-bond donors (Lipinski definition) is 2. The maximum atomic E-state index is 12.0. The Bertz CT molecular complexity index is 278. The summed E-state index contributed by atoms with van der Waals surface area (Å²) in [6, 6.07) is 0. The molecule has 2 fully saturated rings. The van der Waals surface area contributed by atoms with Crippen molar-refractivity contribution in [3.8, 4) is 0 Å². The van der Waals surface area contributed by atoms with Crippen molar-refractivity contribution in [1.82, 2.24) is 15.1 Å². The van der Waals surface area contributed by atoms with E-state index in [-0.39, 0.29) is 5.91 Å². The molecule has 17 heavy (non-hydrogen) atoms. The van der Waals surface area contributed by atoms with Crippen LogP contribution in [0.15, 0.2) is 0 Å². The molecule has 0 aromatic heterocycles. The van der Waals surface area contributed by atoms with Crippen LogP contribution >= 0.6 is 0 Å². The van der Waals surface area contributed by atoms with Crippen LogP contribution in [-0.4, -0.2) is 67.6 Å². The number of nitrogens with zero attached hydrogens (tertiary/aromatic N) is 2. The number of rotatable bonds is 2. The maximum absolute atomic E-state index is 12.0. The molecular weight excluding hydrogens is 216 g/mol. The minimum absolute atomic E-state index is 0.130. The minimum Gasteiger partial charge on any atom is -0.368 e. The fourth-order valence-corrected chi connectivity index (χ4v) is 3.07. The van der Waals surface area contributed by atoms with Crippen molar-refractivity contribution in [3.05, 3.63) is 0 Å². The van der Waals surface area contributed by atoms with E-state index in [1.807, 2.05) is 0 Å². The third-order valence-corrected chi connectivity index (χ3v) is 4.22. The number of primary amides is 1. The molecule has 0 aromatic rings. The lowest BCUT2D eigenvalue weighted by molar-refractivity contribution is -0.131. The molecule has 0 bridgehead atoms. The molecular formula is C12H24N4O. The molecule has 0 aromatic carbocycles. The van der Waals surface area contributed by atoms with E-state index in [9.17, 15) is 4.79 Å². The zero-order chi connectivity index (χ0) is 12.3. The van der Waals surface area contributed by atoms with E-state index in [1.54, 1.807) is 0 Å². The fraction of sp³-hybridized carbons (Fsp3) is 0.917. The van der Waals surface area contributed by atoms with Gasteiger partial charge in [0.05, 0.1) is 0 Å². The van der Waals surface area contributed by atoms with Gasteiger partial charge >= 0.3 is 0 Å². The van der Waals surface area contributed by atoms with E-state index in [2.05, 4.69) is 22.2 Å². The lowest BCUT2D eigenvalue weighted by atomic mass is 9.87. The Morgan fingerprint density at radius 2 is 1.88 bits per heavy atom. The number of carbonyl (C=O) groups excluding carboxylic acids is 1. The fourth-order valence-electron chi connectivity index (χ4n) is 3.07. The molecule has 2 aliphatic rings. The Labute approximate surface area is 103 Å². The molecule has 1 unspecified atom stereocenters. The number of piperazine rings is 1. The molecule has 98 valence electrons. The number of nitrogens with one attached hydrogen (secondary N) is 1. The highest BCUT2D eigenvalue weighted by molar-refractivity contribution is 5.84. The topological polar surface area (TPSA) is 61.6 Å². The summed E-state index contributed by atoms with van der Waals surface area (Å²) in [5.41, 5.74) is 5.33. The maximum Gasteiger partial charge on any atom is 0.238 e. The zero-order valence-electron chi connectivity index (χ0n) is 10.7. The molecule has 5 heteroatoms. The van der Waals surface area contributed by atoms with Crippen LogP contribution in [0.3, 0.4) is 0 Å². The number of amides is 1. The molecule has 2 heterocycles. The highest BCUT2D eigenvalue weighted by atomic mass is 16.1. The lowest BCUT2D eigenvalue weighted by Crippen LogP contribution is -2.62. The highest BCUT2D eigenvalue weighted by Gasteiger charge is 2.43. The van der Waals surface area contributed by atoms with Crippen molar-refractivity contribution in [2.75, 3.05) is 46.3 Å². The summed E-state index contributed by atoms with van der Waals surface area (Å²) in [7, 11) is 2.12. The van der Waals surface area contributed by atoms with Gasteiger partial charge in [-0.05, 0) is 32.9 Å². The summed E-state index contributed by atoms with van der Waals surface area (Å²) in [5, 5.41) is 3.33. The van der Waals surface area contributed by atoms with Gasteiger partial charge in [-0.25, -0.2) is 0 Å². The van der Waals surface area contributed by atoms with Gasteiger partial charge in [-0.15, -0.1) is 0 Å². The lowest BCUT2D eigenvalue weighted by Gasteiger charge is -2.43. The Morgan fingerprint density at radius 3 is 2.53 bits per heavy atom. The molecule has 1 atom stereocenters. The average Bonchev–Trinajstić information content (AvgIpc) is 2.53. The van der Waals surface area contributed by atoms with Crippen LogP contribution in [0.5, 0.6) is 0 Å². The van der Waals surface area contributed by atoms with Crippen LogP contribution in [-0.2, 0) is 4.79 Å². The van der Waals surface area contributed by atoms with E-state index in [1.165, 1.54) is 0 Å². The van der Waals surface area contributed by atoms with Crippen molar-refractivity contribution < 1.29 is 4.79 Å². The summed E-state index contributed by atoms with van der Waals surface area (Å²) in [6.07, 6.45) is 2.84. The molecule has 0 aliphatic carbocycles. The van der Waals surface area contributed by atoms with Crippen LogP contribution in [0.4, 0.5) is 0 Å². The normalized spacial score (nSPS) is 33.2. The Balaban J connectivity index is 2.15. The summed E-state index contributed by atoms with van der Waals surface area (Å²) < 4.78 is 0. The quantitative estimate of drug-likeness (QED) is 0.665. The molecule has 0 spiro atoms. The molecule has 0 radical (unpaired) electrons.